The van der Waals surface area contributed by atoms with Gasteiger partial charge in [0.15, 0.2) is 5.11 Å². The molecule has 0 fully saturated rings. The molecule has 2 N–H and O–H groups in total. The zero-order chi connectivity index (χ0) is 18.5. The summed E-state index contributed by atoms with van der Waals surface area (Å²) in [5.41, 5.74) is 2.50. The molecule has 0 bridgehead atoms. The van der Waals surface area contributed by atoms with E-state index in [1.807, 2.05) is 30.2 Å². The monoisotopic (exact) mass is 371 g/mol. The third kappa shape index (κ3) is 4.42. The predicted molar refractivity (Wildman–Crippen MR) is 102 cm³/mol. The van der Waals surface area contributed by atoms with Crippen LogP contribution in [-0.4, -0.2) is 29.6 Å². The minimum Gasteiger partial charge on any atom is -0.332 e. The van der Waals surface area contributed by atoms with E-state index in [0.29, 0.717) is 17.3 Å². The van der Waals surface area contributed by atoms with Gasteiger partial charge in [0.1, 0.15) is 0 Å². The van der Waals surface area contributed by atoms with E-state index in [-0.39, 0.29) is 5.69 Å². The summed E-state index contributed by atoms with van der Waals surface area (Å²) in [6, 6.07) is 6.03. The van der Waals surface area contributed by atoms with E-state index in [4.69, 9.17) is 12.2 Å². The van der Waals surface area contributed by atoms with Gasteiger partial charge in [0.25, 0.3) is 5.69 Å². The van der Waals surface area contributed by atoms with Gasteiger partial charge in [-0.1, -0.05) is 0 Å². The highest BCUT2D eigenvalue weighted by Gasteiger charge is 2.06. The molecule has 3 aromatic rings. The fourth-order valence-corrected chi connectivity index (χ4v) is 2.56. The molecule has 0 aliphatic rings. The van der Waals surface area contributed by atoms with Crippen LogP contribution in [0.5, 0.6) is 0 Å². The Balaban J connectivity index is 1.56. The van der Waals surface area contributed by atoms with Crippen LogP contribution in [0.3, 0.4) is 0 Å². The number of aryl methyl sites for hydroxylation is 1. The fraction of sp³-hybridized carbons (Fsp3) is 0.188. The number of benzene rings is 1. The summed E-state index contributed by atoms with van der Waals surface area (Å²) in [4.78, 5) is 10.2. The number of nitro groups is 1. The van der Waals surface area contributed by atoms with Crippen LogP contribution in [-0.2, 0) is 13.1 Å². The van der Waals surface area contributed by atoms with E-state index in [1.54, 1.807) is 23.0 Å². The molecule has 0 aliphatic carbocycles. The van der Waals surface area contributed by atoms with E-state index in [1.165, 1.54) is 12.1 Å². The van der Waals surface area contributed by atoms with Crippen molar-refractivity contribution in [3.63, 3.8) is 0 Å². The Morgan fingerprint density at radius 3 is 2.46 bits per heavy atom. The molecule has 0 saturated carbocycles. The Labute approximate surface area is 154 Å². The van der Waals surface area contributed by atoms with E-state index < -0.39 is 4.92 Å². The minimum absolute atomic E-state index is 0.0297. The van der Waals surface area contributed by atoms with E-state index >= 15 is 0 Å². The lowest BCUT2D eigenvalue weighted by atomic mass is 10.3. The summed E-state index contributed by atoms with van der Waals surface area (Å²) in [7, 11) is 0. The minimum atomic E-state index is -0.445. The summed E-state index contributed by atoms with van der Waals surface area (Å²) in [5.74, 6) is 0. The van der Waals surface area contributed by atoms with Crippen LogP contribution < -0.4 is 10.6 Å². The van der Waals surface area contributed by atoms with Crippen molar-refractivity contribution < 1.29 is 4.92 Å². The number of nitrogens with one attached hydrogen (secondary N) is 2. The maximum Gasteiger partial charge on any atom is 0.269 e. The molecular formula is C16H17N7O2S. The molecule has 9 nitrogen and oxygen atoms in total. The summed E-state index contributed by atoms with van der Waals surface area (Å²) < 4.78 is 3.65. The van der Waals surface area contributed by atoms with Gasteiger partial charge in [-0.25, -0.2) is 0 Å². The Kier molecular flexibility index (Phi) is 5.23. The second-order valence-electron chi connectivity index (χ2n) is 5.51. The highest BCUT2D eigenvalue weighted by molar-refractivity contribution is 7.80. The molecule has 0 amide bonds. The van der Waals surface area contributed by atoms with E-state index in [2.05, 4.69) is 20.8 Å². The number of anilines is 2. The molecule has 134 valence electrons. The van der Waals surface area contributed by atoms with Gasteiger partial charge in [-0.2, -0.15) is 10.2 Å². The SMILES string of the molecule is CCn1cc(Cn2cc(NC(=S)Nc3ccc([N+](=O)[O-])cc3)cn2)cn1. The number of rotatable bonds is 6. The highest BCUT2D eigenvalue weighted by Crippen LogP contribution is 2.16. The summed E-state index contributed by atoms with van der Waals surface area (Å²) in [6.07, 6.45) is 7.32. The zero-order valence-electron chi connectivity index (χ0n) is 14.0. The lowest BCUT2D eigenvalue weighted by Gasteiger charge is -2.08. The molecular weight excluding hydrogens is 354 g/mol. The van der Waals surface area contributed by atoms with Crippen LogP contribution in [0.4, 0.5) is 17.1 Å². The Hall–Kier alpha value is -3.27. The second-order valence-corrected chi connectivity index (χ2v) is 5.92. The van der Waals surface area contributed by atoms with Gasteiger partial charge in [0.05, 0.1) is 29.5 Å². The average Bonchev–Trinajstić information content (AvgIpc) is 3.25. The fourth-order valence-electron chi connectivity index (χ4n) is 2.32. The molecule has 3 rings (SSSR count). The van der Waals surface area contributed by atoms with Crippen molar-refractivity contribution in [2.45, 2.75) is 20.0 Å². The van der Waals surface area contributed by atoms with Gasteiger partial charge in [0, 0.05) is 42.3 Å². The molecule has 1 aromatic carbocycles. The quantitative estimate of drug-likeness (QED) is 0.390. The number of non-ortho nitro benzene ring substituents is 1. The number of hydrogen-bond acceptors (Lipinski definition) is 5. The first-order chi connectivity index (χ1) is 12.5. The normalized spacial score (nSPS) is 10.5. The number of hydrogen-bond donors (Lipinski definition) is 2. The molecule has 0 spiro atoms. The molecule has 2 heterocycles. The van der Waals surface area contributed by atoms with Crippen LogP contribution in [0.1, 0.15) is 12.5 Å². The van der Waals surface area contributed by atoms with Crippen molar-refractivity contribution in [1.82, 2.24) is 19.6 Å². The average molecular weight is 371 g/mol. The smallest absolute Gasteiger partial charge is 0.269 e. The van der Waals surface area contributed by atoms with Crippen molar-refractivity contribution in [2.24, 2.45) is 0 Å². The number of nitrogens with zero attached hydrogens (tertiary/aromatic N) is 5. The maximum absolute atomic E-state index is 10.7. The lowest BCUT2D eigenvalue weighted by Crippen LogP contribution is -2.18. The Morgan fingerprint density at radius 1 is 1.12 bits per heavy atom. The van der Waals surface area contributed by atoms with Crippen LogP contribution in [0.2, 0.25) is 0 Å². The molecule has 0 radical (unpaired) electrons. The Bertz CT molecular complexity index is 917. The third-order valence-corrected chi connectivity index (χ3v) is 3.79. The molecule has 0 unspecified atom stereocenters. The number of aromatic nitrogens is 4. The van der Waals surface area contributed by atoms with Crippen molar-refractivity contribution in [3.8, 4) is 0 Å². The number of thiocarbonyl (C=S) groups is 1. The van der Waals surface area contributed by atoms with Gasteiger partial charge >= 0.3 is 0 Å². The third-order valence-electron chi connectivity index (χ3n) is 3.58. The molecule has 26 heavy (non-hydrogen) atoms. The van der Waals surface area contributed by atoms with E-state index in [9.17, 15) is 10.1 Å². The largest absolute Gasteiger partial charge is 0.332 e. The summed E-state index contributed by atoms with van der Waals surface area (Å²) in [5, 5.41) is 25.6. The first-order valence-corrected chi connectivity index (χ1v) is 8.30. The van der Waals surface area contributed by atoms with Gasteiger partial charge < -0.3 is 10.6 Å². The molecule has 2 aromatic heterocycles. The van der Waals surface area contributed by atoms with Crippen molar-refractivity contribution >= 4 is 34.4 Å². The van der Waals surface area contributed by atoms with Gasteiger partial charge in [-0.3, -0.25) is 19.5 Å². The maximum atomic E-state index is 10.7. The van der Waals surface area contributed by atoms with Gasteiger partial charge in [-0.05, 0) is 31.3 Å². The zero-order valence-corrected chi connectivity index (χ0v) is 14.8. The summed E-state index contributed by atoms with van der Waals surface area (Å²) >= 11 is 5.25. The van der Waals surface area contributed by atoms with Crippen LogP contribution in [0.25, 0.3) is 0 Å². The first-order valence-electron chi connectivity index (χ1n) is 7.89. The predicted octanol–water partition coefficient (Wildman–Crippen LogP) is 2.86. The first kappa shape index (κ1) is 17.5. The molecule has 0 aliphatic heterocycles. The molecule has 0 atom stereocenters. The van der Waals surface area contributed by atoms with Crippen LogP contribution in [0.15, 0.2) is 49.1 Å². The topological polar surface area (TPSA) is 103 Å². The van der Waals surface area contributed by atoms with Crippen LogP contribution >= 0.6 is 12.2 Å². The highest BCUT2D eigenvalue weighted by atomic mass is 32.1. The lowest BCUT2D eigenvalue weighted by molar-refractivity contribution is -0.384. The molecule has 10 heteroatoms. The molecule has 0 saturated heterocycles. The Morgan fingerprint density at radius 2 is 1.81 bits per heavy atom. The number of nitro benzene ring substituents is 1. The van der Waals surface area contributed by atoms with E-state index in [0.717, 1.165) is 17.8 Å². The second kappa shape index (κ2) is 7.74. The van der Waals surface area contributed by atoms with Gasteiger partial charge in [-0.15, -0.1) is 0 Å². The van der Waals surface area contributed by atoms with Crippen molar-refractivity contribution in [1.29, 1.82) is 0 Å². The van der Waals surface area contributed by atoms with Crippen molar-refractivity contribution in [3.05, 3.63) is 64.7 Å². The van der Waals surface area contributed by atoms with Crippen LogP contribution in [0, 0.1) is 10.1 Å². The van der Waals surface area contributed by atoms with Gasteiger partial charge in [0.2, 0.25) is 0 Å². The standard InChI is InChI=1S/C16H17N7O2S/c1-2-21-9-12(7-17-21)10-22-11-14(8-18-22)20-16(26)19-13-3-5-15(6-4-13)23(24)25/h3-9,11H,2,10H2,1H3,(H2,19,20,26). The van der Waals surface area contributed by atoms with Crippen molar-refractivity contribution in [2.75, 3.05) is 10.6 Å². The summed E-state index contributed by atoms with van der Waals surface area (Å²) in [6.45, 7) is 3.48.